The van der Waals surface area contributed by atoms with Crippen LogP contribution < -0.4 is 10.5 Å². The molecule has 0 spiro atoms. The number of aryl methyl sites for hydroxylation is 1. The van der Waals surface area contributed by atoms with Crippen LogP contribution in [-0.2, 0) is 16.6 Å². The van der Waals surface area contributed by atoms with Gasteiger partial charge >= 0.3 is 0 Å². The molecule has 0 saturated heterocycles. The highest BCUT2D eigenvalue weighted by Crippen LogP contribution is 2.28. The van der Waals surface area contributed by atoms with E-state index in [4.69, 9.17) is 5.73 Å². The lowest BCUT2D eigenvalue weighted by molar-refractivity contribution is 0.601. The van der Waals surface area contributed by atoms with Gasteiger partial charge in [0.05, 0.1) is 0 Å². The molecular weight excluding hydrogens is 312 g/mol. The van der Waals surface area contributed by atoms with Crippen molar-refractivity contribution in [3.63, 3.8) is 0 Å². The fraction of sp³-hybridized carbons (Fsp3) is 0.231. The van der Waals surface area contributed by atoms with Crippen LogP contribution in [0.3, 0.4) is 0 Å². The van der Waals surface area contributed by atoms with E-state index in [2.05, 4.69) is 4.72 Å². The summed E-state index contributed by atoms with van der Waals surface area (Å²) in [4.78, 5) is 2.92. The van der Waals surface area contributed by atoms with Crippen LogP contribution in [0.25, 0.3) is 0 Å². The van der Waals surface area contributed by atoms with Crippen LogP contribution in [0.15, 0.2) is 40.1 Å². The van der Waals surface area contributed by atoms with E-state index in [0.717, 1.165) is 14.6 Å². The minimum atomic E-state index is -3.56. The Bertz CT molecular complexity index is 708. The molecule has 3 N–H and O–H groups in total. The minimum absolute atomic E-state index is 0.303. The average molecular weight is 328 g/mol. The monoisotopic (exact) mass is 328 g/mol. The first-order chi connectivity index (χ1) is 9.46. The first kappa shape index (κ1) is 15.4. The second-order valence-electron chi connectivity index (χ2n) is 4.17. The van der Waals surface area contributed by atoms with Crippen molar-refractivity contribution in [2.75, 3.05) is 11.0 Å². The van der Waals surface area contributed by atoms with Crippen molar-refractivity contribution in [1.29, 1.82) is 0 Å². The highest BCUT2D eigenvalue weighted by atomic mass is 32.2. The summed E-state index contributed by atoms with van der Waals surface area (Å²) in [6, 6.07) is 8.96. The van der Waals surface area contributed by atoms with Gasteiger partial charge in [-0.15, -0.1) is 23.1 Å². The summed E-state index contributed by atoms with van der Waals surface area (Å²) >= 11 is 2.98. The average Bonchev–Trinajstić information content (AvgIpc) is 2.80. The van der Waals surface area contributed by atoms with Crippen molar-refractivity contribution >= 4 is 38.8 Å². The number of thioether (sulfide) groups is 1. The van der Waals surface area contributed by atoms with E-state index in [0.29, 0.717) is 17.1 Å². The quantitative estimate of drug-likeness (QED) is 0.828. The summed E-state index contributed by atoms with van der Waals surface area (Å²) in [5, 5.41) is 0. The number of hydrogen-bond donors (Lipinski definition) is 2. The van der Waals surface area contributed by atoms with Gasteiger partial charge in [-0.05, 0) is 37.4 Å². The summed E-state index contributed by atoms with van der Waals surface area (Å²) in [6.45, 7) is 2.14. The van der Waals surface area contributed by atoms with Gasteiger partial charge in [-0.25, -0.2) is 8.42 Å². The SMILES string of the molecule is CSc1cccc(NS(=O)(=O)c2cc(CN)sc2C)c1. The highest BCUT2D eigenvalue weighted by Gasteiger charge is 2.19. The van der Waals surface area contributed by atoms with Crippen LogP contribution in [0.4, 0.5) is 5.69 Å². The molecule has 1 heterocycles. The van der Waals surface area contributed by atoms with E-state index in [1.807, 2.05) is 24.5 Å². The van der Waals surface area contributed by atoms with Gasteiger partial charge in [0.25, 0.3) is 10.0 Å². The molecule has 0 aliphatic rings. The third-order valence-electron chi connectivity index (χ3n) is 2.74. The standard InChI is InChI=1S/C13H16N2O2S3/c1-9-13(7-12(8-14)19-9)20(16,17)15-10-4-3-5-11(6-10)18-2/h3-7,15H,8,14H2,1-2H3. The van der Waals surface area contributed by atoms with Gasteiger partial charge in [0.1, 0.15) is 4.90 Å². The molecule has 4 nitrogen and oxygen atoms in total. The normalized spacial score (nSPS) is 11.6. The second kappa shape index (κ2) is 6.17. The van der Waals surface area contributed by atoms with Crippen LogP contribution in [-0.4, -0.2) is 14.7 Å². The third kappa shape index (κ3) is 3.35. The zero-order chi connectivity index (χ0) is 14.8. The molecule has 20 heavy (non-hydrogen) atoms. The zero-order valence-corrected chi connectivity index (χ0v) is 13.7. The smallest absolute Gasteiger partial charge is 0.263 e. The molecule has 2 rings (SSSR count). The summed E-state index contributed by atoms with van der Waals surface area (Å²) in [6.07, 6.45) is 1.95. The van der Waals surface area contributed by atoms with Crippen LogP contribution in [0.5, 0.6) is 0 Å². The lowest BCUT2D eigenvalue weighted by Gasteiger charge is -2.08. The van der Waals surface area contributed by atoms with Crippen molar-refractivity contribution in [2.24, 2.45) is 5.73 Å². The number of rotatable bonds is 5. The van der Waals surface area contributed by atoms with E-state index in [1.165, 1.54) is 11.3 Å². The van der Waals surface area contributed by atoms with Crippen molar-refractivity contribution in [3.8, 4) is 0 Å². The maximum atomic E-state index is 12.4. The Hall–Kier alpha value is -1.02. The molecule has 2 aromatic rings. The van der Waals surface area contributed by atoms with Gasteiger partial charge in [0.2, 0.25) is 0 Å². The van der Waals surface area contributed by atoms with Crippen LogP contribution >= 0.6 is 23.1 Å². The Morgan fingerprint density at radius 3 is 2.70 bits per heavy atom. The molecule has 0 atom stereocenters. The molecule has 0 unspecified atom stereocenters. The molecule has 0 aliphatic carbocycles. The molecule has 0 aliphatic heterocycles. The summed E-state index contributed by atoms with van der Waals surface area (Å²) < 4.78 is 27.4. The number of benzene rings is 1. The van der Waals surface area contributed by atoms with Crippen LogP contribution in [0.2, 0.25) is 0 Å². The summed E-state index contributed by atoms with van der Waals surface area (Å²) in [7, 11) is -3.56. The fourth-order valence-corrected chi connectivity index (χ4v) is 4.81. The van der Waals surface area contributed by atoms with E-state index in [9.17, 15) is 8.42 Å². The topological polar surface area (TPSA) is 72.2 Å². The summed E-state index contributed by atoms with van der Waals surface area (Å²) in [5.41, 5.74) is 6.12. The second-order valence-corrected chi connectivity index (χ2v) is 8.05. The van der Waals surface area contributed by atoms with Gasteiger partial charge in [0, 0.05) is 26.9 Å². The number of thiophene rings is 1. The molecule has 108 valence electrons. The minimum Gasteiger partial charge on any atom is -0.326 e. The number of hydrogen-bond acceptors (Lipinski definition) is 5. The molecule has 0 saturated carbocycles. The van der Waals surface area contributed by atoms with Gasteiger partial charge in [0.15, 0.2) is 0 Å². The zero-order valence-electron chi connectivity index (χ0n) is 11.2. The molecule has 0 amide bonds. The lowest BCUT2D eigenvalue weighted by Crippen LogP contribution is -2.13. The first-order valence-corrected chi connectivity index (χ1v) is 9.45. The predicted molar refractivity (Wildman–Crippen MR) is 86.0 cm³/mol. The third-order valence-corrected chi connectivity index (χ3v) is 6.17. The fourth-order valence-electron chi connectivity index (χ4n) is 1.79. The van der Waals surface area contributed by atoms with Gasteiger partial charge in [-0.3, -0.25) is 4.72 Å². The predicted octanol–water partition coefficient (Wildman–Crippen LogP) is 3.04. The molecule has 7 heteroatoms. The number of nitrogens with one attached hydrogen (secondary N) is 1. The maximum absolute atomic E-state index is 12.4. The van der Waals surface area contributed by atoms with Crippen molar-refractivity contribution in [3.05, 3.63) is 40.1 Å². The Morgan fingerprint density at radius 1 is 1.35 bits per heavy atom. The van der Waals surface area contributed by atoms with E-state index < -0.39 is 10.0 Å². The van der Waals surface area contributed by atoms with Gasteiger partial charge < -0.3 is 5.73 Å². The molecule has 1 aromatic carbocycles. The molecule has 0 bridgehead atoms. The molecule has 1 aromatic heterocycles. The lowest BCUT2D eigenvalue weighted by atomic mass is 10.3. The Morgan fingerprint density at radius 2 is 2.10 bits per heavy atom. The molecular formula is C13H16N2O2S3. The first-order valence-electron chi connectivity index (χ1n) is 5.92. The highest BCUT2D eigenvalue weighted by molar-refractivity contribution is 7.98. The Balaban J connectivity index is 2.32. The number of nitrogens with two attached hydrogens (primary N) is 1. The van der Waals surface area contributed by atoms with Crippen molar-refractivity contribution in [2.45, 2.75) is 23.3 Å². The van der Waals surface area contributed by atoms with Crippen molar-refractivity contribution in [1.82, 2.24) is 0 Å². The van der Waals surface area contributed by atoms with Crippen LogP contribution in [0.1, 0.15) is 9.75 Å². The summed E-state index contributed by atoms with van der Waals surface area (Å²) in [5.74, 6) is 0. The largest absolute Gasteiger partial charge is 0.326 e. The number of anilines is 1. The Labute approximate surface area is 127 Å². The van der Waals surface area contributed by atoms with E-state index in [1.54, 1.807) is 30.8 Å². The molecule has 0 radical (unpaired) electrons. The molecule has 0 fully saturated rings. The van der Waals surface area contributed by atoms with Crippen LogP contribution in [0, 0.1) is 6.92 Å². The van der Waals surface area contributed by atoms with E-state index in [-0.39, 0.29) is 0 Å². The number of sulfonamides is 1. The van der Waals surface area contributed by atoms with Gasteiger partial charge in [-0.2, -0.15) is 0 Å². The van der Waals surface area contributed by atoms with Crippen molar-refractivity contribution < 1.29 is 8.42 Å². The maximum Gasteiger partial charge on any atom is 0.263 e. The van der Waals surface area contributed by atoms with Gasteiger partial charge in [-0.1, -0.05) is 6.07 Å². The van der Waals surface area contributed by atoms with E-state index >= 15 is 0 Å². The Kier molecular flexibility index (Phi) is 4.74.